The van der Waals surface area contributed by atoms with E-state index < -0.39 is 0 Å². The monoisotopic (exact) mass is 403 g/mol. The number of nitrogens with one attached hydrogen (secondary N) is 2. The Morgan fingerprint density at radius 1 is 1.14 bits per heavy atom. The number of hydrogen-bond donors (Lipinski definition) is 2. The maximum Gasteiger partial charge on any atom is 0.256 e. The van der Waals surface area contributed by atoms with E-state index in [0.29, 0.717) is 22.1 Å². The number of fused-ring (bicyclic) bond motifs is 1. The predicted octanol–water partition coefficient (Wildman–Crippen LogP) is 4.90. The van der Waals surface area contributed by atoms with Crippen LogP contribution in [0, 0.1) is 25.2 Å². The lowest BCUT2D eigenvalue weighted by Gasteiger charge is -2.09. The minimum Gasteiger partial charge on any atom is -0.324 e. The van der Waals surface area contributed by atoms with Gasteiger partial charge < -0.3 is 10.6 Å². The summed E-state index contributed by atoms with van der Waals surface area (Å²) in [6, 6.07) is 11.4. The standard InChI is InChI=1S/C22H21N5OS/c1-13-10-14(2)25-22(24-13)26-16-7-5-6-15(11-16)20(28)27-21-18(12-23)17-8-3-4-9-19(17)29-21/h5-7,10-11H,3-4,8-9H2,1-2H3,(H,27,28)(H,24,25,26). The van der Waals surface area contributed by atoms with Gasteiger partial charge in [-0.15, -0.1) is 11.3 Å². The lowest BCUT2D eigenvalue weighted by atomic mass is 9.96. The number of rotatable bonds is 4. The quantitative estimate of drug-likeness (QED) is 0.646. The molecule has 0 aliphatic heterocycles. The Hall–Kier alpha value is -3.24. The molecule has 1 aliphatic rings. The molecule has 6 nitrogen and oxygen atoms in total. The number of carbonyl (C=O) groups excluding carboxylic acids is 1. The molecule has 0 unspecified atom stereocenters. The normalized spacial score (nSPS) is 12.7. The first-order chi connectivity index (χ1) is 14.0. The summed E-state index contributed by atoms with van der Waals surface area (Å²) < 4.78 is 0. The van der Waals surface area contributed by atoms with Crippen molar-refractivity contribution in [1.82, 2.24) is 9.97 Å². The molecule has 2 heterocycles. The van der Waals surface area contributed by atoms with Crippen molar-refractivity contribution in [3.8, 4) is 6.07 Å². The van der Waals surface area contributed by atoms with Crippen LogP contribution in [0.5, 0.6) is 0 Å². The van der Waals surface area contributed by atoms with Gasteiger partial charge in [-0.05, 0) is 69.4 Å². The van der Waals surface area contributed by atoms with Crippen molar-refractivity contribution in [2.45, 2.75) is 39.5 Å². The first-order valence-corrected chi connectivity index (χ1v) is 10.4. The summed E-state index contributed by atoms with van der Waals surface area (Å²) in [5, 5.41) is 16.3. The average molecular weight is 404 g/mol. The van der Waals surface area contributed by atoms with E-state index in [1.807, 2.05) is 32.0 Å². The second-order valence-corrected chi connectivity index (χ2v) is 8.27. The number of benzene rings is 1. The van der Waals surface area contributed by atoms with Crippen LogP contribution in [-0.4, -0.2) is 15.9 Å². The molecule has 3 aromatic rings. The molecule has 1 amide bonds. The molecule has 0 spiro atoms. The fourth-order valence-electron chi connectivity index (χ4n) is 3.60. The maximum absolute atomic E-state index is 12.8. The van der Waals surface area contributed by atoms with Crippen LogP contribution in [0.2, 0.25) is 0 Å². The number of hydrogen-bond acceptors (Lipinski definition) is 6. The number of anilines is 3. The molecule has 0 saturated heterocycles. The smallest absolute Gasteiger partial charge is 0.256 e. The summed E-state index contributed by atoms with van der Waals surface area (Å²) in [4.78, 5) is 22.8. The van der Waals surface area contributed by atoms with Crippen LogP contribution in [0.1, 0.15) is 50.6 Å². The second kappa shape index (κ2) is 8.02. The molecule has 2 N–H and O–H groups in total. The molecule has 29 heavy (non-hydrogen) atoms. The summed E-state index contributed by atoms with van der Waals surface area (Å²) in [5.74, 6) is 0.267. The SMILES string of the molecule is Cc1cc(C)nc(Nc2cccc(C(=O)Nc3sc4c(c3C#N)CCCC4)c2)n1. The van der Waals surface area contributed by atoms with Crippen molar-refractivity contribution in [1.29, 1.82) is 5.26 Å². The van der Waals surface area contributed by atoms with Gasteiger partial charge >= 0.3 is 0 Å². The number of aromatic nitrogens is 2. The zero-order chi connectivity index (χ0) is 20.4. The Bertz CT molecular complexity index is 1110. The van der Waals surface area contributed by atoms with E-state index in [9.17, 15) is 10.1 Å². The number of thiophene rings is 1. The predicted molar refractivity (Wildman–Crippen MR) is 115 cm³/mol. The Kier molecular flexibility index (Phi) is 5.28. The van der Waals surface area contributed by atoms with Gasteiger partial charge in [-0.2, -0.15) is 5.26 Å². The Morgan fingerprint density at radius 3 is 2.66 bits per heavy atom. The van der Waals surface area contributed by atoms with Crippen LogP contribution >= 0.6 is 11.3 Å². The lowest BCUT2D eigenvalue weighted by molar-refractivity contribution is 0.102. The fourth-order valence-corrected chi connectivity index (χ4v) is 4.83. The highest BCUT2D eigenvalue weighted by atomic mass is 32.1. The van der Waals surface area contributed by atoms with Gasteiger partial charge in [-0.3, -0.25) is 4.79 Å². The topological polar surface area (TPSA) is 90.7 Å². The van der Waals surface area contributed by atoms with Crippen LogP contribution < -0.4 is 10.6 Å². The zero-order valence-electron chi connectivity index (χ0n) is 16.4. The molecular formula is C22H21N5OS. The first-order valence-electron chi connectivity index (χ1n) is 9.59. The van der Waals surface area contributed by atoms with Crippen molar-refractivity contribution >= 4 is 33.9 Å². The minimum atomic E-state index is -0.231. The van der Waals surface area contributed by atoms with Crippen molar-refractivity contribution < 1.29 is 4.79 Å². The molecule has 4 rings (SSSR count). The number of nitrogens with zero attached hydrogens (tertiary/aromatic N) is 3. The lowest BCUT2D eigenvalue weighted by Crippen LogP contribution is -2.12. The number of nitriles is 1. The molecular weight excluding hydrogens is 382 g/mol. The molecule has 0 bridgehead atoms. The van der Waals surface area contributed by atoms with Crippen molar-refractivity contribution in [3.05, 3.63) is 63.3 Å². The van der Waals surface area contributed by atoms with Crippen molar-refractivity contribution in [2.24, 2.45) is 0 Å². The summed E-state index contributed by atoms with van der Waals surface area (Å²) in [6.07, 6.45) is 4.14. The second-order valence-electron chi connectivity index (χ2n) is 7.16. The van der Waals surface area contributed by atoms with Crippen molar-refractivity contribution in [3.63, 3.8) is 0 Å². The molecule has 1 aliphatic carbocycles. The molecule has 7 heteroatoms. The van der Waals surface area contributed by atoms with E-state index in [0.717, 1.165) is 48.3 Å². The highest BCUT2D eigenvalue weighted by Crippen LogP contribution is 2.37. The first kappa shape index (κ1) is 19.1. The van der Waals surface area contributed by atoms with Gasteiger partial charge in [0, 0.05) is 27.5 Å². The number of aryl methyl sites for hydroxylation is 3. The molecule has 146 valence electrons. The third-order valence-electron chi connectivity index (χ3n) is 4.87. The van der Waals surface area contributed by atoms with Crippen LogP contribution in [-0.2, 0) is 12.8 Å². The molecule has 0 radical (unpaired) electrons. The van der Waals surface area contributed by atoms with Crippen LogP contribution in [0.15, 0.2) is 30.3 Å². The molecule has 0 saturated carbocycles. The molecule has 1 aromatic carbocycles. The average Bonchev–Trinajstić information content (AvgIpc) is 3.04. The summed E-state index contributed by atoms with van der Waals surface area (Å²) in [6.45, 7) is 3.83. The third kappa shape index (κ3) is 4.13. The largest absolute Gasteiger partial charge is 0.324 e. The minimum absolute atomic E-state index is 0.231. The third-order valence-corrected chi connectivity index (χ3v) is 6.08. The maximum atomic E-state index is 12.8. The van der Waals surface area contributed by atoms with Crippen molar-refractivity contribution in [2.75, 3.05) is 10.6 Å². The van der Waals surface area contributed by atoms with E-state index >= 15 is 0 Å². The zero-order valence-corrected chi connectivity index (χ0v) is 17.2. The van der Waals surface area contributed by atoms with E-state index in [4.69, 9.17) is 0 Å². The summed E-state index contributed by atoms with van der Waals surface area (Å²) >= 11 is 1.53. The molecule has 2 aromatic heterocycles. The number of carbonyl (C=O) groups is 1. The summed E-state index contributed by atoms with van der Waals surface area (Å²) in [5.41, 5.74) is 4.72. The van der Waals surface area contributed by atoms with Gasteiger partial charge in [0.1, 0.15) is 11.1 Å². The molecule has 0 fully saturated rings. The van der Waals surface area contributed by atoms with Gasteiger partial charge in [0.2, 0.25) is 5.95 Å². The van der Waals surface area contributed by atoms with Gasteiger partial charge in [-0.25, -0.2) is 9.97 Å². The highest BCUT2D eigenvalue weighted by Gasteiger charge is 2.22. The summed E-state index contributed by atoms with van der Waals surface area (Å²) in [7, 11) is 0. The van der Waals surface area contributed by atoms with Gasteiger partial charge in [-0.1, -0.05) is 6.07 Å². The van der Waals surface area contributed by atoms with E-state index in [1.54, 1.807) is 12.1 Å². The van der Waals surface area contributed by atoms with Crippen LogP contribution in [0.25, 0.3) is 0 Å². The van der Waals surface area contributed by atoms with Gasteiger partial charge in [0.25, 0.3) is 5.91 Å². The van der Waals surface area contributed by atoms with E-state index in [1.165, 1.54) is 16.2 Å². The Labute approximate surface area is 173 Å². The molecule has 0 atom stereocenters. The van der Waals surface area contributed by atoms with Gasteiger partial charge in [0.05, 0.1) is 5.56 Å². The van der Waals surface area contributed by atoms with E-state index in [-0.39, 0.29) is 5.91 Å². The number of amides is 1. The van der Waals surface area contributed by atoms with Crippen LogP contribution in [0.3, 0.4) is 0 Å². The Balaban J connectivity index is 1.55. The van der Waals surface area contributed by atoms with Crippen LogP contribution in [0.4, 0.5) is 16.6 Å². The fraction of sp³-hybridized carbons (Fsp3) is 0.273. The highest BCUT2D eigenvalue weighted by molar-refractivity contribution is 7.16. The van der Waals surface area contributed by atoms with Gasteiger partial charge in [0.15, 0.2) is 0 Å². The van der Waals surface area contributed by atoms with E-state index in [2.05, 4.69) is 26.7 Å². The Morgan fingerprint density at radius 2 is 1.90 bits per heavy atom.